The summed E-state index contributed by atoms with van der Waals surface area (Å²) < 4.78 is 0. The molecular formula is C15H18N4O. The monoisotopic (exact) mass is 270 g/mol. The number of aromatic nitrogens is 1. The first-order valence-electron chi connectivity index (χ1n) is 6.37. The van der Waals surface area contributed by atoms with Crippen LogP contribution in [0, 0.1) is 6.92 Å². The highest BCUT2D eigenvalue weighted by Gasteiger charge is 2.06. The molecule has 0 aliphatic carbocycles. The minimum Gasteiger partial charge on any atom is -0.397 e. The van der Waals surface area contributed by atoms with Crippen LogP contribution in [0.4, 0.5) is 11.4 Å². The van der Waals surface area contributed by atoms with Crippen molar-refractivity contribution in [2.75, 3.05) is 18.1 Å². The van der Waals surface area contributed by atoms with Gasteiger partial charge in [-0.15, -0.1) is 0 Å². The fourth-order valence-electron chi connectivity index (χ4n) is 1.81. The Kier molecular flexibility index (Phi) is 4.20. The zero-order valence-corrected chi connectivity index (χ0v) is 11.6. The molecule has 0 aliphatic rings. The van der Waals surface area contributed by atoms with Gasteiger partial charge in [-0.05, 0) is 36.8 Å². The van der Waals surface area contributed by atoms with Gasteiger partial charge in [0.1, 0.15) is 0 Å². The lowest BCUT2D eigenvalue weighted by molar-refractivity contribution is 0.0963. The number of aryl methyl sites for hydroxylation is 1. The van der Waals surface area contributed by atoms with Gasteiger partial charge >= 0.3 is 0 Å². The van der Waals surface area contributed by atoms with Crippen molar-refractivity contribution < 1.29 is 4.79 Å². The number of carbonyl (C=O) groups is 1. The predicted octanol–water partition coefficient (Wildman–Crippen LogP) is 1.94. The average Bonchev–Trinajstić information content (AvgIpc) is 2.46. The van der Waals surface area contributed by atoms with Crippen molar-refractivity contribution in [1.29, 1.82) is 0 Å². The third kappa shape index (κ3) is 3.26. The number of pyridine rings is 1. The summed E-state index contributed by atoms with van der Waals surface area (Å²) in [6.07, 6.45) is 1.83. The first-order chi connectivity index (χ1) is 9.60. The summed E-state index contributed by atoms with van der Waals surface area (Å²) in [7, 11) is 1.59. The van der Waals surface area contributed by atoms with Crippen molar-refractivity contribution in [2.45, 2.75) is 13.5 Å². The van der Waals surface area contributed by atoms with E-state index >= 15 is 0 Å². The molecule has 4 N–H and O–H groups in total. The molecule has 1 aromatic heterocycles. The molecule has 0 unspecified atom stereocenters. The molecule has 1 amide bonds. The molecule has 104 valence electrons. The molecule has 0 radical (unpaired) electrons. The number of anilines is 2. The van der Waals surface area contributed by atoms with E-state index in [1.165, 1.54) is 0 Å². The highest BCUT2D eigenvalue weighted by molar-refractivity contribution is 5.95. The molecule has 5 nitrogen and oxygen atoms in total. The molecule has 0 bridgehead atoms. The highest BCUT2D eigenvalue weighted by Crippen LogP contribution is 2.20. The SMILES string of the molecule is CNC(=O)c1ccc(NCc2ccc(C)nc2)c(N)c1. The minimum absolute atomic E-state index is 0.147. The molecular weight excluding hydrogens is 252 g/mol. The van der Waals surface area contributed by atoms with E-state index in [2.05, 4.69) is 15.6 Å². The molecule has 0 saturated heterocycles. The van der Waals surface area contributed by atoms with Gasteiger partial charge in [0.05, 0.1) is 11.4 Å². The van der Waals surface area contributed by atoms with Gasteiger partial charge in [0.2, 0.25) is 0 Å². The topological polar surface area (TPSA) is 80.0 Å². The number of nitrogens with zero attached hydrogens (tertiary/aromatic N) is 1. The zero-order chi connectivity index (χ0) is 14.5. The van der Waals surface area contributed by atoms with Crippen molar-refractivity contribution in [2.24, 2.45) is 0 Å². The van der Waals surface area contributed by atoms with Crippen LogP contribution in [0.25, 0.3) is 0 Å². The first-order valence-corrected chi connectivity index (χ1v) is 6.37. The van der Waals surface area contributed by atoms with E-state index in [0.717, 1.165) is 16.9 Å². The fourth-order valence-corrected chi connectivity index (χ4v) is 1.81. The van der Waals surface area contributed by atoms with Gasteiger partial charge in [-0.3, -0.25) is 9.78 Å². The quantitative estimate of drug-likeness (QED) is 0.742. The smallest absolute Gasteiger partial charge is 0.251 e. The Balaban J connectivity index is 2.06. The van der Waals surface area contributed by atoms with Gasteiger partial charge in [0.25, 0.3) is 5.91 Å². The lowest BCUT2D eigenvalue weighted by Crippen LogP contribution is -2.18. The van der Waals surface area contributed by atoms with Crippen molar-refractivity contribution in [3.8, 4) is 0 Å². The molecule has 20 heavy (non-hydrogen) atoms. The Bertz CT molecular complexity index is 608. The number of amides is 1. The first kappa shape index (κ1) is 13.9. The molecule has 0 aliphatic heterocycles. The Morgan fingerprint density at radius 3 is 2.70 bits per heavy atom. The van der Waals surface area contributed by atoms with Crippen LogP contribution in [0.15, 0.2) is 36.5 Å². The van der Waals surface area contributed by atoms with Gasteiger partial charge in [-0.25, -0.2) is 0 Å². The number of hydrogen-bond acceptors (Lipinski definition) is 4. The largest absolute Gasteiger partial charge is 0.397 e. The second kappa shape index (κ2) is 6.06. The number of benzene rings is 1. The van der Waals surface area contributed by atoms with Crippen LogP contribution in [-0.2, 0) is 6.54 Å². The minimum atomic E-state index is -0.147. The normalized spacial score (nSPS) is 10.1. The van der Waals surface area contributed by atoms with Crippen LogP contribution in [0.3, 0.4) is 0 Å². The van der Waals surface area contributed by atoms with Gasteiger partial charge in [-0.1, -0.05) is 6.07 Å². The Morgan fingerprint density at radius 1 is 1.30 bits per heavy atom. The van der Waals surface area contributed by atoms with E-state index in [1.807, 2.05) is 31.3 Å². The number of hydrogen-bond donors (Lipinski definition) is 3. The maximum Gasteiger partial charge on any atom is 0.251 e. The fraction of sp³-hybridized carbons (Fsp3) is 0.200. The number of rotatable bonds is 4. The van der Waals surface area contributed by atoms with Crippen molar-refractivity contribution >= 4 is 17.3 Å². The van der Waals surface area contributed by atoms with E-state index < -0.39 is 0 Å². The molecule has 0 fully saturated rings. The van der Waals surface area contributed by atoms with E-state index in [-0.39, 0.29) is 5.91 Å². The third-order valence-electron chi connectivity index (χ3n) is 3.00. The van der Waals surface area contributed by atoms with E-state index in [1.54, 1.807) is 19.2 Å². The molecule has 0 atom stereocenters. The molecule has 2 rings (SSSR count). The van der Waals surface area contributed by atoms with Crippen LogP contribution in [0.2, 0.25) is 0 Å². The number of nitrogens with one attached hydrogen (secondary N) is 2. The van der Waals surface area contributed by atoms with Crippen LogP contribution in [0.1, 0.15) is 21.6 Å². The van der Waals surface area contributed by atoms with Crippen molar-refractivity contribution in [3.63, 3.8) is 0 Å². The summed E-state index contributed by atoms with van der Waals surface area (Å²) in [5.41, 5.74) is 9.91. The van der Waals surface area contributed by atoms with E-state index in [9.17, 15) is 4.79 Å². The average molecular weight is 270 g/mol. The summed E-state index contributed by atoms with van der Waals surface area (Å²) >= 11 is 0. The molecule has 5 heteroatoms. The van der Waals surface area contributed by atoms with Crippen LogP contribution >= 0.6 is 0 Å². The summed E-state index contributed by atoms with van der Waals surface area (Å²) in [5, 5.41) is 5.80. The molecule has 1 aromatic carbocycles. The summed E-state index contributed by atoms with van der Waals surface area (Å²) in [6, 6.07) is 9.19. The Labute approximate surface area is 118 Å². The Morgan fingerprint density at radius 2 is 2.10 bits per heavy atom. The number of nitrogen functional groups attached to an aromatic ring is 1. The second-order valence-electron chi connectivity index (χ2n) is 4.54. The van der Waals surface area contributed by atoms with Gasteiger partial charge < -0.3 is 16.4 Å². The molecule has 0 spiro atoms. The van der Waals surface area contributed by atoms with Gasteiger partial charge in [0.15, 0.2) is 0 Å². The third-order valence-corrected chi connectivity index (χ3v) is 3.00. The lowest BCUT2D eigenvalue weighted by atomic mass is 10.1. The van der Waals surface area contributed by atoms with Crippen molar-refractivity contribution in [1.82, 2.24) is 10.3 Å². The van der Waals surface area contributed by atoms with Crippen LogP contribution < -0.4 is 16.4 Å². The van der Waals surface area contributed by atoms with Crippen molar-refractivity contribution in [3.05, 3.63) is 53.3 Å². The van der Waals surface area contributed by atoms with Gasteiger partial charge in [0, 0.05) is 31.0 Å². The predicted molar refractivity (Wildman–Crippen MR) is 80.5 cm³/mol. The van der Waals surface area contributed by atoms with Crippen LogP contribution in [-0.4, -0.2) is 17.9 Å². The lowest BCUT2D eigenvalue weighted by Gasteiger charge is -2.10. The summed E-state index contributed by atoms with van der Waals surface area (Å²) in [5.74, 6) is -0.147. The molecule has 2 aromatic rings. The standard InChI is InChI=1S/C15H18N4O/c1-10-3-4-11(8-18-10)9-19-14-6-5-12(7-13(14)16)15(20)17-2/h3-8,19H,9,16H2,1-2H3,(H,17,20). The van der Waals surface area contributed by atoms with E-state index in [4.69, 9.17) is 5.73 Å². The van der Waals surface area contributed by atoms with Gasteiger partial charge in [-0.2, -0.15) is 0 Å². The maximum atomic E-state index is 11.5. The van der Waals surface area contributed by atoms with Crippen LogP contribution in [0.5, 0.6) is 0 Å². The number of nitrogens with two attached hydrogens (primary N) is 1. The van der Waals surface area contributed by atoms with E-state index in [0.29, 0.717) is 17.8 Å². The Hall–Kier alpha value is -2.56. The summed E-state index contributed by atoms with van der Waals surface area (Å²) in [6.45, 7) is 2.59. The molecule has 0 saturated carbocycles. The number of carbonyl (C=O) groups excluding carboxylic acids is 1. The molecule has 1 heterocycles. The zero-order valence-electron chi connectivity index (χ0n) is 11.6. The highest BCUT2D eigenvalue weighted by atomic mass is 16.1. The maximum absolute atomic E-state index is 11.5. The summed E-state index contributed by atoms with van der Waals surface area (Å²) in [4.78, 5) is 15.7. The second-order valence-corrected chi connectivity index (χ2v) is 4.54.